The quantitative estimate of drug-likeness (QED) is 0.528. The summed E-state index contributed by atoms with van der Waals surface area (Å²) in [6.45, 7) is -0.788. The second-order valence-corrected chi connectivity index (χ2v) is 6.79. The molecule has 0 aliphatic carbocycles. The van der Waals surface area contributed by atoms with E-state index in [0.717, 1.165) is 16.9 Å². The van der Waals surface area contributed by atoms with Gasteiger partial charge in [0.2, 0.25) is 0 Å². The maximum absolute atomic E-state index is 12.9. The van der Waals surface area contributed by atoms with Crippen LogP contribution in [-0.4, -0.2) is 29.2 Å². The zero-order chi connectivity index (χ0) is 21.1. The van der Waals surface area contributed by atoms with Crippen molar-refractivity contribution >= 4 is 40.8 Å². The molecule has 30 heavy (non-hydrogen) atoms. The molecule has 0 aromatic heterocycles. The van der Waals surface area contributed by atoms with Gasteiger partial charge in [-0.15, -0.1) is 0 Å². The maximum Gasteiger partial charge on any atom is 0.261 e. The Kier molecular flexibility index (Phi) is 5.13. The monoisotopic (exact) mass is 397 g/mol. The zero-order valence-corrected chi connectivity index (χ0v) is 15.9. The van der Waals surface area contributed by atoms with Gasteiger partial charge in [-0.1, -0.05) is 48.5 Å². The molecule has 0 saturated heterocycles. The minimum absolute atomic E-state index is 0.259. The van der Waals surface area contributed by atoms with Crippen molar-refractivity contribution in [2.24, 2.45) is 0 Å². The first-order chi connectivity index (χ1) is 14.5. The molecule has 2 amide bonds. The number of nitrogens with one attached hydrogen (secondary N) is 1. The van der Waals surface area contributed by atoms with E-state index in [4.69, 9.17) is 0 Å². The maximum atomic E-state index is 12.9. The SMILES string of the molecule is O=C([O-])CN1C(=O)/C(=C\c2ccc(Nc3ccccc3)cc2)c2ccccc2C1=O. The number of anilines is 2. The Hall–Kier alpha value is -4.19. The summed E-state index contributed by atoms with van der Waals surface area (Å²) < 4.78 is 0. The van der Waals surface area contributed by atoms with E-state index in [1.807, 2.05) is 54.6 Å². The van der Waals surface area contributed by atoms with Crippen molar-refractivity contribution in [1.82, 2.24) is 4.90 Å². The van der Waals surface area contributed by atoms with E-state index in [9.17, 15) is 19.5 Å². The smallest absolute Gasteiger partial charge is 0.261 e. The minimum atomic E-state index is -1.49. The highest BCUT2D eigenvalue weighted by Gasteiger charge is 2.34. The Morgan fingerprint density at radius 3 is 2.07 bits per heavy atom. The van der Waals surface area contributed by atoms with Crippen LogP contribution in [-0.2, 0) is 9.59 Å². The molecule has 6 nitrogen and oxygen atoms in total. The van der Waals surface area contributed by atoms with E-state index in [-0.39, 0.29) is 11.1 Å². The largest absolute Gasteiger partial charge is 0.548 e. The predicted octanol–water partition coefficient (Wildman–Crippen LogP) is 2.70. The number of carbonyl (C=O) groups is 3. The van der Waals surface area contributed by atoms with Gasteiger partial charge in [0.15, 0.2) is 0 Å². The second-order valence-electron chi connectivity index (χ2n) is 6.79. The van der Waals surface area contributed by atoms with Crippen LogP contribution in [0.4, 0.5) is 11.4 Å². The number of aliphatic carboxylic acids is 1. The molecule has 0 unspecified atom stereocenters. The van der Waals surface area contributed by atoms with E-state index < -0.39 is 24.3 Å². The summed E-state index contributed by atoms with van der Waals surface area (Å²) in [6.07, 6.45) is 1.65. The van der Waals surface area contributed by atoms with Crippen LogP contribution in [0, 0.1) is 0 Å². The molecule has 3 aromatic rings. The molecule has 0 fully saturated rings. The van der Waals surface area contributed by atoms with Crippen molar-refractivity contribution < 1.29 is 19.5 Å². The van der Waals surface area contributed by atoms with Gasteiger partial charge in [-0.3, -0.25) is 14.5 Å². The van der Waals surface area contributed by atoms with Gasteiger partial charge in [0.1, 0.15) is 0 Å². The van der Waals surface area contributed by atoms with E-state index in [0.29, 0.717) is 10.5 Å². The normalized spacial score (nSPS) is 14.5. The number of carbonyl (C=O) groups excluding carboxylic acids is 3. The molecule has 1 heterocycles. The van der Waals surface area contributed by atoms with E-state index >= 15 is 0 Å². The molecule has 0 radical (unpaired) electrons. The Balaban J connectivity index is 1.67. The molecule has 0 saturated carbocycles. The fraction of sp³-hybridized carbons (Fsp3) is 0.0417. The summed E-state index contributed by atoms with van der Waals surface area (Å²) in [7, 11) is 0. The molecule has 1 aliphatic rings. The number of nitrogens with zero attached hydrogens (tertiary/aromatic N) is 1. The number of fused-ring (bicyclic) bond motifs is 1. The van der Waals surface area contributed by atoms with Gasteiger partial charge in [-0.05, 0) is 47.5 Å². The average molecular weight is 397 g/mol. The Bertz CT molecular complexity index is 1150. The highest BCUT2D eigenvalue weighted by atomic mass is 16.4. The number of hydrogen-bond acceptors (Lipinski definition) is 5. The Labute approximate surface area is 173 Å². The molecular weight excluding hydrogens is 380 g/mol. The summed E-state index contributed by atoms with van der Waals surface area (Å²) >= 11 is 0. The first-order valence-corrected chi connectivity index (χ1v) is 9.32. The number of benzene rings is 3. The van der Waals surface area contributed by atoms with Crippen LogP contribution < -0.4 is 10.4 Å². The van der Waals surface area contributed by atoms with Crippen molar-refractivity contribution in [2.45, 2.75) is 0 Å². The first kappa shape index (κ1) is 19.1. The van der Waals surface area contributed by atoms with Gasteiger partial charge in [0, 0.05) is 22.5 Å². The Morgan fingerprint density at radius 1 is 0.800 bits per heavy atom. The standard InChI is InChI=1S/C24H18N2O4/c27-22(28)15-26-23(29)20-9-5-4-8-19(20)21(24(26)30)14-16-10-12-18(13-11-16)25-17-6-2-1-3-7-17/h1-14,25H,15H2,(H,27,28)/p-1/b21-14-. The molecule has 1 aliphatic heterocycles. The number of hydrogen-bond donors (Lipinski definition) is 1. The molecule has 4 rings (SSSR count). The third-order valence-corrected chi connectivity index (χ3v) is 4.74. The van der Waals surface area contributed by atoms with Crippen LogP contribution in [0.15, 0.2) is 78.9 Å². The van der Waals surface area contributed by atoms with Crippen LogP contribution in [0.1, 0.15) is 21.5 Å². The summed E-state index contributed by atoms with van der Waals surface area (Å²) in [5, 5.41) is 14.3. The van der Waals surface area contributed by atoms with Crippen LogP contribution in [0.2, 0.25) is 0 Å². The van der Waals surface area contributed by atoms with Crippen molar-refractivity contribution in [1.29, 1.82) is 0 Å². The number of amides is 2. The number of carboxylic acid groups (broad SMARTS) is 1. The van der Waals surface area contributed by atoms with Gasteiger partial charge in [0.25, 0.3) is 11.8 Å². The topological polar surface area (TPSA) is 89.5 Å². The molecule has 0 atom stereocenters. The lowest BCUT2D eigenvalue weighted by molar-refractivity contribution is -0.305. The van der Waals surface area contributed by atoms with Gasteiger partial charge >= 0.3 is 0 Å². The summed E-state index contributed by atoms with van der Waals surface area (Å²) in [4.78, 5) is 37.2. The predicted molar refractivity (Wildman–Crippen MR) is 112 cm³/mol. The molecule has 3 aromatic carbocycles. The van der Waals surface area contributed by atoms with E-state index in [1.54, 1.807) is 30.3 Å². The first-order valence-electron chi connectivity index (χ1n) is 9.32. The summed E-state index contributed by atoms with van der Waals surface area (Å²) in [5.74, 6) is -2.79. The van der Waals surface area contributed by atoms with Crippen LogP contribution in [0.3, 0.4) is 0 Å². The van der Waals surface area contributed by atoms with Gasteiger partial charge in [-0.25, -0.2) is 0 Å². The molecule has 6 heteroatoms. The Morgan fingerprint density at radius 2 is 1.40 bits per heavy atom. The highest BCUT2D eigenvalue weighted by Crippen LogP contribution is 2.30. The van der Waals surface area contributed by atoms with E-state index in [2.05, 4.69) is 5.32 Å². The summed E-state index contributed by atoms with van der Waals surface area (Å²) in [6, 6.07) is 23.8. The molecule has 1 N–H and O–H groups in total. The van der Waals surface area contributed by atoms with Crippen molar-refractivity contribution in [3.63, 3.8) is 0 Å². The van der Waals surface area contributed by atoms with Crippen molar-refractivity contribution in [3.8, 4) is 0 Å². The van der Waals surface area contributed by atoms with Gasteiger partial charge < -0.3 is 15.2 Å². The lowest BCUT2D eigenvalue weighted by atomic mass is 9.92. The average Bonchev–Trinajstić information content (AvgIpc) is 2.76. The fourth-order valence-corrected chi connectivity index (χ4v) is 3.33. The molecule has 0 spiro atoms. The number of imide groups is 1. The molecule has 148 valence electrons. The lowest BCUT2D eigenvalue weighted by Crippen LogP contribution is -2.47. The number of para-hydroxylation sites is 1. The van der Waals surface area contributed by atoms with Crippen LogP contribution in [0.25, 0.3) is 11.6 Å². The second kappa shape index (κ2) is 8.05. The molecular formula is C24H17N2O4-. The third-order valence-electron chi connectivity index (χ3n) is 4.74. The van der Waals surface area contributed by atoms with Gasteiger partial charge in [0.05, 0.1) is 12.5 Å². The van der Waals surface area contributed by atoms with Crippen LogP contribution in [0.5, 0.6) is 0 Å². The van der Waals surface area contributed by atoms with Crippen LogP contribution >= 0.6 is 0 Å². The fourth-order valence-electron chi connectivity index (χ4n) is 3.33. The van der Waals surface area contributed by atoms with Crippen molar-refractivity contribution in [3.05, 3.63) is 95.6 Å². The lowest BCUT2D eigenvalue weighted by Gasteiger charge is -2.28. The number of rotatable bonds is 5. The molecule has 0 bridgehead atoms. The minimum Gasteiger partial charge on any atom is -0.548 e. The van der Waals surface area contributed by atoms with Gasteiger partial charge in [-0.2, -0.15) is 0 Å². The zero-order valence-electron chi connectivity index (χ0n) is 15.9. The van der Waals surface area contributed by atoms with E-state index in [1.165, 1.54) is 0 Å². The van der Waals surface area contributed by atoms with Crippen molar-refractivity contribution in [2.75, 3.05) is 11.9 Å². The third kappa shape index (κ3) is 3.84. The summed E-state index contributed by atoms with van der Waals surface area (Å²) in [5.41, 5.74) is 3.61. The highest BCUT2D eigenvalue weighted by molar-refractivity contribution is 6.34. The number of carboxylic acids is 1.